The van der Waals surface area contributed by atoms with Crippen LogP contribution < -0.4 is 5.84 Å². The number of pyridine rings is 1. The number of fused-ring (bicyclic) bond motifs is 3. The highest BCUT2D eigenvalue weighted by Crippen LogP contribution is 2.32. The van der Waals surface area contributed by atoms with Crippen LogP contribution in [0.2, 0.25) is 0 Å². The lowest BCUT2D eigenvalue weighted by atomic mass is 10.0. The maximum Gasteiger partial charge on any atom is 0.131 e. The molecule has 1 aliphatic rings. The Kier molecular flexibility index (Phi) is 5.29. The van der Waals surface area contributed by atoms with Crippen LogP contribution in [0.15, 0.2) is 40.6 Å². The fourth-order valence-electron chi connectivity index (χ4n) is 3.78. The predicted molar refractivity (Wildman–Crippen MR) is 114 cm³/mol. The van der Waals surface area contributed by atoms with E-state index in [4.69, 9.17) is 15.6 Å². The van der Waals surface area contributed by atoms with Gasteiger partial charge in [-0.25, -0.2) is 4.98 Å². The Morgan fingerprint density at radius 1 is 1.31 bits per heavy atom. The molecule has 0 spiro atoms. The maximum absolute atomic E-state index is 10.1. The Balaban J connectivity index is 1.80. The van der Waals surface area contributed by atoms with E-state index in [1.165, 1.54) is 6.21 Å². The first-order chi connectivity index (χ1) is 14.0. The van der Waals surface area contributed by atoms with Crippen molar-refractivity contribution in [1.82, 2.24) is 14.5 Å². The zero-order valence-electron chi connectivity index (χ0n) is 16.7. The van der Waals surface area contributed by atoms with Crippen LogP contribution >= 0.6 is 0 Å². The van der Waals surface area contributed by atoms with E-state index < -0.39 is 5.60 Å². The summed E-state index contributed by atoms with van der Waals surface area (Å²) in [6.45, 7) is 5.08. The molecule has 0 saturated carbocycles. The highest BCUT2D eigenvalue weighted by atomic mass is 16.5. The second-order valence-electron chi connectivity index (χ2n) is 7.79. The lowest BCUT2D eigenvalue weighted by molar-refractivity contribution is 0.0699. The van der Waals surface area contributed by atoms with Crippen LogP contribution in [0.3, 0.4) is 0 Å². The van der Waals surface area contributed by atoms with E-state index in [9.17, 15) is 5.11 Å². The van der Waals surface area contributed by atoms with Gasteiger partial charge in [0, 0.05) is 30.9 Å². The first-order valence-electron chi connectivity index (χ1n) is 9.82. The Hall–Kier alpha value is -2.84. The molecule has 4 rings (SSSR count). The molecule has 1 aromatic carbocycles. The number of hydrogen-bond acceptors (Lipinski definition) is 7. The fraction of sp³-hybridized carbons (Fsp3) is 0.429. The largest absolute Gasteiger partial charge is 0.384 e. The molecule has 0 radical (unpaired) electrons. The van der Waals surface area contributed by atoms with Gasteiger partial charge >= 0.3 is 0 Å². The first kappa shape index (κ1) is 19.5. The summed E-state index contributed by atoms with van der Waals surface area (Å²) in [6.07, 6.45) is 5.20. The van der Waals surface area contributed by atoms with Crippen molar-refractivity contribution in [2.75, 3.05) is 13.2 Å². The van der Waals surface area contributed by atoms with Crippen molar-refractivity contribution in [2.45, 2.75) is 44.9 Å². The van der Waals surface area contributed by atoms with Gasteiger partial charge in [0.1, 0.15) is 22.7 Å². The second-order valence-corrected chi connectivity index (χ2v) is 7.79. The summed E-state index contributed by atoms with van der Waals surface area (Å²) >= 11 is 0. The van der Waals surface area contributed by atoms with Crippen molar-refractivity contribution in [3.63, 3.8) is 0 Å². The summed E-state index contributed by atoms with van der Waals surface area (Å²) in [4.78, 5) is 13.9. The minimum absolute atomic E-state index is 0.293. The van der Waals surface area contributed by atoms with Crippen molar-refractivity contribution in [3.05, 3.63) is 36.3 Å². The molecule has 3 heterocycles. The van der Waals surface area contributed by atoms with E-state index in [2.05, 4.69) is 25.7 Å². The van der Waals surface area contributed by atoms with E-state index in [0.717, 1.165) is 53.8 Å². The molecule has 1 fully saturated rings. The average molecular weight is 394 g/mol. The highest BCUT2D eigenvalue weighted by molar-refractivity contribution is 6.33. The summed E-state index contributed by atoms with van der Waals surface area (Å²) in [5.74, 6) is 6.26. The number of hydrogen-bond donors (Lipinski definition) is 2. The number of rotatable bonds is 5. The molecule has 0 bridgehead atoms. The van der Waals surface area contributed by atoms with Gasteiger partial charge in [0.05, 0.1) is 23.8 Å². The Labute approximate surface area is 169 Å². The molecule has 0 atom stereocenters. The third-order valence-electron chi connectivity index (χ3n) is 5.26. The van der Waals surface area contributed by atoms with Gasteiger partial charge in [0.2, 0.25) is 0 Å². The van der Waals surface area contributed by atoms with Crippen LogP contribution in [0.4, 0.5) is 0 Å². The summed E-state index contributed by atoms with van der Waals surface area (Å²) in [5.41, 5.74) is 2.05. The van der Waals surface area contributed by atoms with Crippen LogP contribution in [0, 0.1) is 0 Å². The van der Waals surface area contributed by atoms with Crippen LogP contribution in [0.25, 0.3) is 21.9 Å². The van der Waals surface area contributed by atoms with Gasteiger partial charge in [-0.05, 0) is 32.8 Å². The number of para-hydroxylation sites is 1. The van der Waals surface area contributed by atoms with Crippen LogP contribution in [-0.4, -0.2) is 50.4 Å². The third kappa shape index (κ3) is 3.86. The Morgan fingerprint density at radius 3 is 2.79 bits per heavy atom. The van der Waals surface area contributed by atoms with Crippen LogP contribution in [0.5, 0.6) is 0 Å². The minimum Gasteiger partial charge on any atom is -0.384 e. The van der Waals surface area contributed by atoms with Gasteiger partial charge in [-0.3, -0.25) is 9.98 Å². The van der Waals surface area contributed by atoms with Gasteiger partial charge in [-0.2, -0.15) is 5.10 Å². The lowest BCUT2D eigenvalue weighted by Crippen LogP contribution is -2.33. The standard InChI is InChI=1S/C21H26N6O2/c1-21(2,28)18(26-22)12-23-13-19-25-17-11-24-16-6-4-3-5-15(16)20(17)27(19)14-7-9-29-10-8-14/h3-6,11-12,14,28H,7-10,13,22H2,1-2H3. The molecule has 1 saturated heterocycles. The smallest absolute Gasteiger partial charge is 0.131 e. The Bertz CT molecular complexity index is 1070. The zero-order valence-corrected chi connectivity index (χ0v) is 16.7. The Morgan fingerprint density at radius 2 is 2.07 bits per heavy atom. The van der Waals surface area contributed by atoms with Crippen molar-refractivity contribution >= 4 is 33.9 Å². The highest BCUT2D eigenvalue weighted by Gasteiger charge is 2.24. The fourth-order valence-corrected chi connectivity index (χ4v) is 3.78. The second kappa shape index (κ2) is 7.88. The molecule has 3 N–H and O–H groups in total. The molecule has 8 nitrogen and oxygen atoms in total. The molecule has 0 aliphatic carbocycles. The number of hydrazone groups is 1. The molecule has 29 heavy (non-hydrogen) atoms. The number of nitrogens with two attached hydrogens (primary N) is 1. The molecular weight excluding hydrogens is 368 g/mol. The monoisotopic (exact) mass is 394 g/mol. The lowest BCUT2D eigenvalue weighted by Gasteiger charge is -2.26. The van der Waals surface area contributed by atoms with Crippen molar-refractivity contribution in [1.29, 1.82) is 0 Å². The molecule has 0 unspecified atom stereocenters. The number of nitrogens with zero attached hydrogens (tertiary/aromatic N) is 5. The average Bonchev–Trinajstić information content (AvgIpc) is 3.09. The molecule has 0 amide bonds. The van der Waals surface area contributed by atoms with Crippen LogP contribution in [0.1, 0.15) is 38.6 Å². The number of ether oxygens (including phenoxy) is 1. The molecule has 2 aromatic heterocycles. The molecule has 8 heteroatoms. The molecule has 1 aliphatic heterocycles. The number of aromatic nitrogens is 3. The summed E-state index contributed by atoms with van der Waals surface area (Å²) in [6, 6.07) is 8.41. The zero-order chi connectivity index (χ0) is 20.4. The quantitative estimate of drug-likeness (QED) is 0.392. The SMILES string of the molecule is CC(C)(O)C(C=NCc1nc2cnc3ccccc3c2n1C1CCOCC1)=NN. The maximum atomic E-state index is 10.1. The minimum atomic E-state index is -1.15. The van der Waals surface area contributed by atoms with Crippen molar-refractivity contribution in [2.24, 2.45) is 15.9 Å². The molecular formula is C21H26N6O2. The van der Waals surface area contributed by atoms with E-state index in [1.54, 1.807) is 13.8 Å². The number of imidazole rings is 1. The van der Waals surface area contributed by atoms with Gasteiger partial charge in [-0.15, -0.1) is 0 Å². The topological polar surface area (TPSA) is 111 Å². The first-order valence-corrected chi connectivity index (χ1v) is 9.82. The summed E-state index contributed by atoms with van der Waals surface area (Å²) in [5, 5.41) is 14.9. The van der Waals surface area contributed by atoms with Gasteiger partial charge in [0.15, 0.2) is 0 Å². The van der Waals surface area contributed by atoms with Crippen molar-refractivity contribution < 1.29 is 9.84 Å². The van der Waals surface area contributed by atoms with Gasteiger partial charge < -0.3 is 20.3 Å². The van der Waals surface area contributed by atoms with Gasteiger partial charge in [-0.1, -0.05) is 18.2 Å². The van der Waals surface area contributed by atoms with Crippen molar-refractivity contribution in [3.8, 4) is 0 Å². The predicted octanol–water partition coefficient (Wildman–Crippen LogP) is 2.59. The molecule has 152 valence electrons. The summed E-state index contributed by atoms with van der Waals surface area (Å²) in [7, 11) is 0. The normalized spacial score (nSPS) is 17.0. The molecule has 3 aromatic rings. The van der Waals surface area contributed by atoms with E-state index >= 15 is 0 Å². The number of benzene rings is 1. The third-order valence-corrected chi connectivity index (χ3v) is 5.26. The van der Waals surface area contributed by atoms with Crippen LogP contribution in [-0.2, 0) is 11.3 Å². The summed E-state index contributed by atoms with van der Waals surface area (Å²) < 4.78 is 7.86. The van der Waals surface area contributed by atoms with E-state index in [0.29, 0.717) is 18.3 Å². The van der Waals surface area contributed by atoms with Gasteiger partial charge in [0.25, 0.3) is 0 Å². The van der Waals surface area contributed by atoms with E-state index in [1.807, 2.05) is 24.4 Å². The van der Waals surface area contributed by atoms with E-state index in [-0.39, 0.29) is 0 Å². The number of aliphatic hydroxyl groups is 1. The number of aliphatic imine (C=N–C) groups is 1.